The summed E-state index contributed by atoms with van der Waals surface area (Å²) < 4.78 is 0. The predicted molar refractivity (Wildman–Crippen MR) is 226 cm³/mol. The Labute approximate surface area is 329 Å². The van der Waals surface area contributed by atoms with E-state index in [1.165, 1.54) is 24.3 Å². The topological polar surface area (TPSA) is 316 Å². The fourth-order valence-corrected chi connectivity index (χ4v) is 4.71. The molecule has 0 saturated carbocycles. The lowest BCUT2D eigenvalue weighted by Gasteiger charge is -2.12. The monoisotopic (exact) mass is 777 g/mol. The highest BCUT2D eigenvalue weighted by molar-refractivity contribution is 5.91. The molecule has 0 radical (unpaired) electrons. The maximum absolute atomic E-state index is 11.4. The van der Waals surface area contributed by atoms with Crippen LogP contribution in [0.5, 0.6) is 0 Å². The third-order valence-corrected chi connectivity index (χ3v) is 7.10. The molecule has 0 aliphatic rings. The third kappa shape index (κ3) is 15.1. The van der Waals surface area contributed by atoms with E-state index < -0.39 is 11.9 Å². The van der Waals surface area contributed by atoms with E-state index in [0.29, 0.717) is 46.0 Å². The molecule has 19 nitrogen and oxygen atoms in total. The van der Waals surface area contributed by atoms with Crippen LogP contribution in [0.4, 0.5) is 63.3 Å². The number of nitrogens with two attached hydrogens (primary N) is 4. The van der Waals surface area contributed by atoms with Crippen LogP contribution < -0.4 is 49.5 Å². The van der Waals surface area contributed by atoms with Crippen molar-refractivity contribution in [1.29, 1.82) is 0 Å². The van der Waals surface area contributed by atoms with Crippen LogP contribution in [0.2, 0.25) is 0 Å². The van der Waals surface area contributed by atoms with Gasteiger partial charge in [-0.3, -0.25) is 0 Å². The highest BCUT2D eigenvalue weighted by atomic mass is 16.4. The fraction of sp³-hybridized carbons (Fsp3) is 0.158. The average molecular weight is 778 g/mol. The van der Waals surface area contributed by atoms with Crippen molar-refractivity contribution in [3.05, 3.63) is 114 Å². The maximum atomic E-state index is 11.4. The normalized spacial score (nSPS) is 9.79. The molecular weight excluding hydrogens is 731 g/mol. The number of nitrogens with one attached hydrogen (secondary N) is 5. The molecule has 0 unspecified atom stereocenters. The molecule has 6 rings (SSSR count). The molecule has 0 aliphatic heterocycles. The summed E-state index contributed by atoms with van der Waals surface area (Å²) in [6.07, 6.45) is 0. The molecule has 0 saturated heterocycles. The Bertz CT molecular complexity index is 2200. The number of carboxylic acid groups (broad SMARTS) is 2. The standard InChI is InChI=1S/C19H22N8O2.C7H8N2O2.C6H9N3.C6H8N2/c1-20-12-5-4-6-13(9-12)23-18-25-17(22-3)26-19(27-18)24-15-8-11(16(28)29)7-14(10-15)21-2;8-5-1-4(7(10)11)2-6(9)3-5;1-4-7-5(2)9-6(3)8-4;7-5-2-1-3-6(8)4-5/h4-10,20-21H,1-3H3,(H,28,29)(H3,22,23,24,25,26,27);1-3H,8-9H2,(H,10,11);1-3H3;1-4H,7-8H2. The molecule has 0 aliphatic carbocycles. The predicted octanol–water partition coefficient (Wildman–Crippen LogP) is 5.38. The number of benzene rings is 4. The van der Waals surface area contributed by atoms with Gasteiger partial charge in [0.2, 0.25) is 17.8 Å². The van der Waals surface area contributed by atoms with Crippen LogP contribution in [-0.2, 0) is 0 Å². The Balaban J connectivity index is 0.000000250. The number of aromatic nitrogens is 6. The van der Waals surface area contributed by atoms with E-state index in [0.717, 1.165) is 28.8 Å². The summed E-state index contributed by atoms with van der Waals surface area (Å²) >= 11 is 0. The second-order valence-corrected chi connectivity index (χ2v) is 11.8. The Morgan fingerprint density at radius 1 is 0.456 bits per heavy atom. The first kappa shape index (κ1) is 43.4. The van der Waals surface area contributed by atoms with E-state index in [9.17, 15) is 14.7 Å². The summed E-state index contributed by atoms with van der Waals surface area (Å²) in [5.41, 5.74) is 26.8. The molecule has 19 heteroatoms. The molecule has 298 valence electrons. The fourth-order valence-electron chi connectivity index (χ4n) is 4.71. The average Bonchev–Trinajstić information content (AvgIpc) is 3.14. The van der Waals surface area contributed by atoms with Crippen molar-refractivity contribution >= 4 is 75.3 Å². The Morgan fingerprint density at radius 3 is 1.32 bits per heavy atom. The van der Waals surface area contributed by atoms with Crippen molar-refractivity contribution in [3.8, 4) is 0 Å². The van der Waals surface area contributed by atoms with Crippen LogP contribution in [0.1, 0.15) is 38.2 Å². The van der Waals surface area contributed by atoms with Crippen molar-refractivity contribution in [2.75, 3.05) is 70.7 Å². The summed E-state index contributed by atoms with van der Waals surface area (Å²) in [6.45, 7) is 5.59. The van der Waals surface area contributed by atoms with Gasteiger partial charge in [0.1, 0.15) is 17.5 Å². The van der Waals surface area contributed by atoms with Gasteiger partial charge in [-0.05, 0) is 93.6 Å². The number of hydrogen-bond donors (Lipinski definition) is 11. The van der Waals surface area contributed by atoms with Gasteiger partial charge < -0.3 is 59.7 Å². The van der Waals surface area contributed by atoms with Crippen LogP contribution in [0.25, 0.3) is 0 Å². The number of aryl methyl sites for hydroxylation is 3. The largest absolute Gasteiger partial charge is 0.478 e. The van der Waals surface area contributed by atoms with Crippen molar-refractivity contribution in [2.45, 2.75) is 20.8 Å². The number of aromatic carboxylic acids is 2. The number of carboxylic acids is 2. The lowest BCUT2D eigenvalue weighted by Crippen LogP contribution is -2.08. The molecule has 0 atom stereocenters. The highest BCUT2D eigenvalue weighted by Crippen LogP contribution is 2.24. The molecule has 2 aromatic heterocycles. The molecule has 0 amide bonds. The van der Waals surface area contributed by atoms with E-state index in [2.05, 4.69) is 56.5 Å². The molecule has 15 N–H and O–H groups in total. The van der Waals surface area contributed by atoms with E-state index in [1.807, 2.05) is 58.2 Å². The number of anilines is 11. The summed E-state index contributed by atoms with van der Waals surface area (Å²) in [5, 5.41) is 32.9. The lowest BCUT2D eigenvalue weighted by atomic mass is 10.1. The van der Waals surface area contributed by atoms with Crippen molar-refractivity contribution in [1.82, 2.24) is 29.9 Å². The van der Waals surface area contributed by atoms with E-state index >= 15 is 0 Å². The second-order valence-electron chi connectivity index (χ2n) is 11.8. The summed E-state index contributed by atoms with van der Waals surface area (Å²) in [7, 11) is 5.26. The first-order valence-corrected chi connectivity index (χ1v) is 17.1. The maximum Gasteiger partial charge on any atom is 0.335 e. The molecular formula is C38H47N15O4. The van der Waals surface area contributed by atoms with Gasteiger partial charge in [-0.2, -0.15) is 15.0 Å². The molecule has 0 spiro atoms. The highest BCUT2D eigenvalue weighted by Gasteiger charge is 2.11. The molecule has 0 bridgehead atoms. The molecule has 57 heavy (non-hydrogen) atoms. The number of hydrogen-bond acceptors (Lipinski definition) is 17. The van der Waals surface area contributed by atoms with Crippen LogP contribution in [0.15, 0.2) is 84.9 Å². The van der Waals surface area contributed by atoms with Gasteiger partial charge in [0, 0.05) is 66.6 Å². The van der Waals surface area contributed by atoms with Crippen molar-refractivity contribution in [3.63, 3.8) is 0 Å². The first-order valence-electron chi connectivity index (χ1n) is 17.1. The van der Waals surface area contributed by atoms with Crippen LogP contribution in [-0.4, -0.2) is 73.2 Å². The summed E-state index contributed by atoms with van der Waals surface area (Å²) in [6, 6.07) is 23.9. The van der Waals surface area contributed by atoms with Crippen molar-refractivity contribution < 1.29 is 19.8 Å². The minimum Gasteiger partial charge on any atom is -0.478 e. The molecule has 2 heterocycles. The third-order valence-electron chi connectivity index (χ3n) is 7.10. The SMILES string of the molecule is CNc1cccc(Nc2nc(NC)nc(Nc3cc(NC)cc(C(=O)O)c3)n2)c1.Cc1nc(C)nc(C)n1.Nc1cc(N)cc(C(=O)O)c1.Nc1cccc(N)c1. The zero-order valence-electron chi connectivity index (χ0n) is 32.3. The van der Waals surface area contributed by atoms with E-state index in [1.54, 1.807) is 44.4 Å². The van der Waals surface area contributed by atoms with E-state index in [-0.39, 0.29) is 17.1 Å². The minimum atomic E-state index is -1.02. The Kier molecular flexibility index (Phi) is 16.1. The van der Waals surface area contributed by atoms with Crippen LogP contribution >= 0.6 is 0 Å². The number of carbonyl (C=O) groups is 2. The smallest absolute Gasteiger partial charge is 0.335 e. The van der Waals surface area contributed by atoms with Gasteiger partial charge in [0.25, 0.3) is 0 Å². The molecule has 0 fully saturated rings. The van der Waals surface area contributed by atoms with Gasteiger partial charge in [-0.15, -0.1) is 0 Å². The summed E-state index contributed by atoms with van der Waals surface area (Å²) in [5.74, 6) is 1.29. The first-order chi connectivity index (χ1) is 27.1. The van der Waals surface area contributed by atoms with Gasteiger partial charge >= 0.3 is 11.9 Å². The number of rotatable bonds is 9. The zero-order chi connectivity index (χ0) is 42.1. The second kappa shape index (κ2) is 21.1. The van der Waals surface area contributed by atoms with Crippen LogP contribution in [0.3, 0.4) is 0 Å². The number of nitrogens with zero attached hydrogens (tertiary/aromatic N) is 6. The Hall–Kier alpha value is -7.96. The Morgan fingerprint density at radius 2 is 0.860 bits per heavy atom. The quantitative estimate of drug-likeness (QED) is 0.0821. The minimum absolute atomic E-state index is 0.113. The number of nitrogen functional groups attached to an aromatic ring is 4. The summed E-state index contributed by atoms with van der Waals surface area (Å²) in [4.78, 5) is 46.8. The lowest BCUT2D eigenvalue weighted by molar-refractivity contribution is 0.0686. The van der Waals surface area contributed by atoms with Crippen LogP contribution in [0, 0.1) is 20.8 Å². The van der Waals surface area contributed by atoms with Gasteiger partial charge in [-0.1, -0.05) is 12.1 Å². The van der Waals surface area contributed by atoms with Crippen molar-refractivity contribution in [2.24, 2.45) is 0 Å². The molecule has 6 aromatic rings. The van der Waals surface area contributed by atoms with Gasteiger partial charge in [0.15, 0.2) is 0 Å². The zero-order valence-corrected chi connectivity index (χ0v) is 32.3. The van der Waals surface area contributed by atoms with Gasteiger partial charge in [0.05, 0.1) is 11.1 Å². The van der Waals surface area contributed by atoms with Gasteiger partial charge in [-0.25, -0.2) is 24.5 Å². The molecule has 4 aromatic carbocycles. The van der Waals surface area contributed by atoms with E-state index in [4.69, 9.17) is 28.0 Å².